The fraction of sp³-hybridized carbons (Fsp3) is 0.118. The number of benzene rings is 2. The molecule has 0 aliphatic heterocycles. The maximum absolute atomic E-state index is 4.44. The van der Waals surface area contributed by atoms with Crippen molar-refractivity contribution in [2.75, 3.05) is 6.26 Å². The Bertz CT molecular complexity index is 544. The van der Waals surface area contributed by atoms with Crippen LogP contribution in [0.25, 0.3) is 4.91 Å². The molecule has 2 rings (SSSR count). The molecule has 0 saturated carbocycles. The first kappa shape index (κ1) is 13.6. The molecule has 0 unspecified atom stereocenters. The van der Waals surface area contributed by atoms with Gasteiger partial charge in [-0.15, -0.1) is 11.8 Å². The molecule has 0 spiro atoms. The van der Waals surface area contributed by atoms with Crippen molar-refractivity contribution in [1.82, 2.24) is 0 Å². The van der Waals surface area contributed by atoms with Gasteiger partial charge in [-0.25, -0.2) is 0 Å². The van der Waals surface area contributed by atoms with Crippen molar-refractivity contribution in [1.29, 1.82) is 0 Å². The third kappa shape index (κ3) is 4.42. The summed E-state index contributed by atoms with van der Waals surface area (Å²) >= 11 is 1.74. The van der Waals surface area contributed by atoms with Crippen molar-refractivity contribution < 1.29 is 0 Å². The first-order chi connectivity index (χ1) is 9.40. The number of hydrogen-bond acceptors (Lipinski definition) is 2. The zero-order valence-electron chi connectivity index (χ0n) is 11.0. The summed E-state index contributed by atoms with van der Waals surface area (Å²) in [4.78, 5) is 5.67. The Labute approximate surface area is 119 Å². The highest BCUT2D eigenvalue weighted by molar-refractivity contribution is 8.07. The zero-order chi connectivity index (χ0) is 13.3. The first-order valence-corrected chi connectivity index (χ1v) is 7.46. The van der Waals surface area contributed by atoms with Crippen LogP contribution in [0.4, 0.5) is 0 Å². The largest absolute Gasteiger partial charge is 0.288 e. The monoisotopic (exact) mass is 267 g/mol. The minimum absolute atomic E-state index is 0.730. The smallest absolute Gasteiger partial charge is 0.0639 e. The molecule has 0 radical (unpaired) electrons. The van der Waals surface area contributed by atoms with E-state index in [9.17, 15) is 0 Å². The lowest BCUT2D eigenvalue weighted by atomic mass is 10.2. The summed E-state index contributed by atoms with van der Waals surface area (Å²) in [5.74, 6) is 0. The van der Waals surface area contributed by atoms with E-state index < -0.39 is 0 Å². The normalized spacial score (nSPS) is 11.9. The predicted octanol–water partition coefficient (Wildman–Crippen LogP) is 4.66. The third-order valence-corrected chi connectivity index (χ3v) is 3.54. The minimum atomic E-state index is 0.730. The molecule has 0 atom stereocenters. The van der Waals surface area contributed by atoms with Crippen molar-refractivity contribution in [2.45, 2.75) is 6.54 Å². The second-order valence-electron chi connectivity index (χ2n) is 4.08. The summed E-state index contributed by atoms with van der Waals surface area (Å²) in [6.45, 7) is 0.730. The Morgan fingerprint density at radius 2 is 1.63 bits per heavy atom. The lowest BCUT2D eigenvalue weighted by Gasteiger charge is -2.02. The molecule has 0 aromatic heterocycles. The highest BCUT2D eigenvalue weighted by Gasteiger charge is 1.96. The van der Waals surface area contributed by atoms with E-state index in [0.717, 1.165) is 6.54 Å². The Balaban J connectivity index is 2.00. The van der Waals surface area contributed by atoms with Crippen LogP contribution in [0, 0.1) is 0 Å². The standard InChI is InChI=1S/C17H17NS/c1-19-17(16-10-6-3-7-11-16)12-13-18-14-15-8-4-2-5-9-15/h2-13H,14H2,1H3. The van der Waals surface area contributed by atoms with E-state index in [1.807, 2.05) is 30.5 Å². The molecule has 19 heavy (non-hydrogen) atoms. The molecule has 0 amide bonds. The molecule has 0 bridgehead atoms. The van der Waals surface area contributed by atoms with Gasteiger partial charge in [0.2, 0.25) is 0 Å². The van der Waals surface area contributed by atoms with Gasteiger partial charge in [-0.2, -0.15) is 0 Å². The van der Waals surface area contributed by atoms with Crippen LogP contribution in [0.1, 0.15) is 11.1 Å². The van der Waals surface area contributed by atoms with E-state index in [2.05, 4.69) is 53.7 Å². The lowest BCUT2D eigenvalue weighted by Crippen LogP contribution is -1.82. The van der Waals surface area contributed by atoms with E-state index in [1.54, 1.807) is 11.8 Å². The van der Waals surface area contributed by atoms with Gasteiger partial charge in [0.25, 0.3) is 0 Å². The number of nitrogens with zero attached hydrogens (tertiary/aromatic N) is 1. The van der Waals surface area contributed by atoms with Gasteiger partial charge in [-0.3, -0.25) is 4.99 Å². The van der Waals surface area contributed by atoms with Crippen molar-refractivity contribution in [2.24, 2.45) is 4.99 Å². The summed E-state index contributed by atoms with van der Waals surface area (Å²) in [7, 11) is 0. The van der Waals surface area contributed by atoms with Crippen molar-refractivity contribution >= 4 is 22.9 Å². The van der Waals surface area contributed by atoms with Gasteiger partial charge in [0.1, 0.15) is 0 Å². The quantitative estimate of drug-likeness (QED) is 0.718. The van der Waals surface area contributed by atoms with Crippen LogP contribution in [0.5, 0.6) is 0 Å². The van der Waals surface area contributed by atoms with Gasteiger partial charge in [0, 0.05) is 11.1 Å². The number of aliphatic imine (C=N–C) groups is 1. The van der Waals surface area contributed by atoms with Crippen molar-refractivity contribution in [3.8, 4) is 0 Å². The Morgan fingerprint density at radius 1 is 1.00 bits per heavy atom. The summed E-state index contributed by atoms with van der Waals surface area (Å²) in [5.41, 5.74) is 2.47. The SMILES string of the molecule is CSC(=CC=NCc1ccccc1)c1ccccc1. The van der Waals surface area contributed by atoms with Gasteiger partial charge >= 0.3 is 0 Å². The van der Waals surface area contributed by atoms with Gasteiger partial charge in [0.15, 0.2) is 0 Å². The van der Waals surface area contributed by atoms with E-state index in [-0.39, 0.29) is 0 Å². The third-order valence-electron chi connectivity index (χ3n) is 2.73. The average molecular weight is 267 g/mol. The summed E-state index contributed by atoms with van der Waals surface area (Å²) in [5, 5.41) is 0. The summed E-state index contributed by atoms with van der Waals surface area (Å²) < 4.78 is 0. The molecule has 0 heterocycles. The van der Waals surface area contributed by atoms with Crippen LogP contribution in [0.2, 0.25) is 0 Å². The number of rotatable bonds is 5. The van der Waals surface area contributed by atoms with Crippen LogP contribution < -0.4 is 0 Å². The van der Waals surface area contributed by atoms with E-state index in [0.29, 0.717) is 0 Å². The van der Waals surface area contributed by atoms with Crippen molar-refractivity contribution in [3.05, 3.63) is 77.9 Å². The van der Waals surface area contributed by atoms with Gasteiger partial charge in [0.05, 0.1) is 6.54 Å². The molecule has 0 saturated heterocycles. The number of thioether (sulfide) groups is 1. The molecule has 96 valence electrons. The van der Waals surface area contributed by atoms with Crippen molar-refractivity contribution in [3.63, 3.8) is 0 Å². The van der Waals surface area contributed by atoms with E-state index >= 15 is 0 Å². The molecule has 0 fully saturated rings. The zero-order valence-corrected chi connectivity index (χ0v) is 11.8. The molecule has 0 aliphatic rings. The topological polar surface area (TPSA) is 12.4 Å². The van der Waals surface area contributed by atoms with Gasteiger partial charge < -0.3 is 0 Å². The van der Waals surface area contributed by atoms with Gasteiger partial charge in [-0.05, 0) is 23.5 Å². The molecule has 2 heteroatoms. The molecular formula is C17H17NS. The number of hydrogen-bond donors (Lipinski definition) is 0. The maximum Gasteiger partial charge on any atom is 0.0639 e. The second-order valence-corrected chi connectivity index (χ2v) is 4.92. The number of allylic oxidation sites excluding steroid dienone is 1. The average Bonchev–Trinajstić information content (AvgIpc) is 2.49. The van der Waals surface area contributed by atoms with Crippen LogP contribution in [-0.2, 0) is 6.54 Å². The second kappa shape index (κ2) is 7.59. The molecular weight excluding hydrogens is 250 g/mol. The maximum atomic E-state index is 4.44. The highest BCUT2D eigenvalue weighted by atomic mass is 32.2. The summed E-state index contributed by atoms with van der Waals surface area (Å²) in [6.07, 6.45) is 6.05. The molecule has 0 aliphatic carbocycles. The molecule has 1 nitrogen and oxygen atoms in total. The Hall–Kier alpha value is -1.80. The lowest BCUT2D eigenvalue weighted by molar-refractivity contribution is 1.08. The van der Waals surface area contributed by atoms with E-state index in [4.69, 9.17) is 0 Å². The van der Waals surface area contributed by atoms with Crippen LogP contribution in [0.15, 0.2) is 71.7 Å². The predicted molar refractivity (Wildman–Crippen MR) is 86.6 cm³/mol. The Kier molecular flexibility index (Phi) is 5.45. The van der Waals surface area contributed by atoms with Crippen LogP contribution >= 0.6 is 11.8 Å². The molecule has 0 N–H and O–H groups in total. The van der Waals surface area contributed by atoms with Gasteiger partial charge in [-0.1, -0.05) is 60.7 Å². The molecule has 2 aromatic rings. The Morgan fingerprint density at radius 3 is 2.26 bits per heavy atom. The summed E-state index contributed by atoms with van der Waals surface area (Å²) in [6, 6.07) is 20.7. The van der Waals surface area contributed by atoms with Crippen LogP contribution in [0.3, 0.4) is 0 Å². The fourth-order valence-corrected chi connectivity index (χ4v) is 2.32. The minimum Gasteiger partial charge on any atom is -0.288 e. The first-order valence-electron chi connectivity index (χ1n) is 6.23. The van der Waals surface area contributed by atoms with Crippen LogP contribution in [-0.4, -0.2) is 12.5 Å². The molecule has 2 aromatic carbocycles. The fourth-order valence-electron chi connectivity index (χ4n) is 1.75. The highest BCUT2D eigenvalue weighted by Crippen LogP contribution is 2.23. The van der Waals surface area contributed by atoms with E-state index in [1.165, 1.54) is 16.0 Å².